The molecule has 0 aromatic carbocycles. The van der Waals surface area contributed by atoms with E-state index in [-0.39, 0.29) is 0 Å². The number of hydrogen-bond acceptors (Lipinski definition) is 0. The van der Waals surface area contributed by atoms with Crippen molar-refractivity contribution in [3.63, 3.8) is 0 Å². The summed E-state index contributed by atoms with van der Waals surface area (Å²) in [5, 5.41) is 0. The maximum absolute atomic E-state index is 3.36. The third-order valence-electron chi connectivity index (χ3n) is 1.51. The lowest BCUT2D eigenvalue weighted by atomic mass is 10.4. The van der Waals surface area contributed by atoms with E-state index in [1.807, 2.05) is 6.92 Å². The Labute approximate surface area is 52.6 Å². The topological polar surface area (TPSA) is 0 Å². The molecule has 2 unspecified atom stereocenters. The van der Waals surface area contributed by atoms with Crippen LogP contribution in [-0.4, -0.2) is 0 Å². The van der Waals surface area contributed by atoms with E-state index in [0.717, 1.165) is 11.8 Å². The first-order valence-corrected chi connectivity index (χ1v) is 3.29. The number of allylic oxidation sites excluding steroid dienone is 1. The van der Waals surface area contributed by atoms with Crippen molar-refractivity contribution in [1.29, 1.82) is 0 Å². The van der Waals surface area contributed by atoms with Crippen LogP contribution in [0.2, 0.25) is 0 Å². The minimum absolute atomic E-state index is 1.05. The molecule has 1 rings (SSSR count). The van der Waals surface area contributed by atoms with Gasteiger partial charge in [0.25, 0.3) is 0 Å². The third-order valence-corrected chi connectivity index (χ3v) is 1.51. The Hall–Kier alpha value is -0.260. The van der Waals surface area contributed by atoms with Crippen LogP contribution in [0.15, 0.2) is 12.7 Å². The molecule has 48 valence electrons. The lowest BCUT2D eigenvalue weighted by Gasteiger charge is -1.66. The SMILES string of the molecule is C=CC.CC1CC1C. The predicted octanol–water partition coefficient (Wildman–Crippen LogP) is 2.85. The van der Waals surface area contributed by atoms with E-state index < -0.39 is 0 Å². The average molecular weight is 112 g/mol. The van der Waals surface area contributed by atoms with Crippen molar-refractivity contribution >= 4 is 0 Å². The van der Waals surface area contributed by atoms with Gasteiger partial charge in [0.15, 0.2) is 0 Å². The summed E-state index contributed by atoms with van der Waals surface area (Å²) in [7, 11) is 0. The van der Waals surface area contributed by atoms with Crippen LogP contribution >= 0.6 is 0 Å². The first-order valence-electron chi connectivity index (χ1n) is 3.29. The van der Waals surface area contributed by atoms with Crippen LogP contribution in [-0.2, 0) is 0 Å². The highest BCUT2D eigenvalue weighted by Crippen LogP contribution is 2.36. The third kappa shape index (κ3) is 3.91. The zero-order chi connectivity index (χ0) is 6.57. The lowest BCUT2D eigenvalue weighted by molar-refractivity contribution is 0.834. The van der Waals surface area contributed by atoms with Crippen molar-refractivity contribution in [3.8, 4) is 0 Å². The first-order chi connectivity index (χ1) is 3.72. The Morgan fingerprint density at radius 2 is 1.50 bits per heavy atom. The van der Waals surface area contributed by atoms with Crippen molar-refractivity contribution in [2.45, 2.75) is 27.2 Å². The normalized spacial score (nSPS) is 32.4. The molecule has 0 aromatic heterocycles. The zero-order valence-corrected chi connectivity index (χ0v) is 6.15. The van der Waals surface area contributed by atoms with Gasteiger partial charge in [-0.15, -0.1) is 6.58 Å². The zero-order valence-electron chi connectivity index (χ0n) is 6.15. The molecular weight excluding hydrogens is 96.1 g/mol. The monoisotopic (exact) mass is 112 g/mol. The van der Waals surface area contributed by atoms with Crippen LogP contribution < -0.4 is 0 Å². The molecule has 0 radical (unpaired) electrons. The van der Waals surface area contributed by atoms with Gasteiger partial charge in [-0.05, 0) is 25.2 Å². The second-order valence-electron chi connectivity index (χ2n) is 2.60. The van der Waals surface area contributed by atoms with Crippen LogP contribution in [0.25, 0.3) is 0 Å². The van der Waals surface area contributed by atoms with Gasteiger partial charge in [-0.1, -0.05) is 19.9 Å². The molecule has 0 nitrogen and oxygen atoms in total. The molecule has 1 saturated carbocycles. The van der Waals surface area contributed by atoms with Gasteiger partial charge in [0.2, 0.25) is 0 Å². The second-order valence-corrected chi connectivity index (χ2v) is 2.60. The summed E-state index contributed by atoms with van der Waals surface area (Å²) in [4.78, 5) is 0. The fourth-order valence-electron chi connectivity index (χ4n) is 0.508. The van der Waals surface area contributed by atoms with E-state index >= 15 is 0 Å². The van der Waals surface area contributed by atoms with Gasteiger partial charge in [0, 0.05) is 0 Å². The van der Waals surface area contributed by atoms with Gasteiger partial charge < -0.3 is 0 Å². The number of hydrogen-bond donors (Lipinski definition) is 0. The largest absolute Gasteiger partial charge is 0.103 e. The molecule has 0 aromatic rings. The highest BCUT2D eigenvalue weighted by molar-refractivity contribution is 4.76. The highest BCUT2D eigenvalue weighted by atomic mass is 14.3. The van der Waals surface area contributed by atoms with Crippen LogP contribution in [0.4, 0.5) is 0 Å². The average Bonchev–Trinajstić information content (AvgIpc) is 2.22. The van der Waals surface area contributed by atoms with Gasteiger partial charge in [-0.25, -0.2) is 0 Å². The molecule has 0 heterocycles. The fraction of sp³-hybridized carbons (Fsp3) is 0.750. The summed E-state index contributed by atoms with van der Waals surface area (Å²) >= 11 is 0. The molecule has 1 aliphatic rings. The van der Waals surface area contributed by atoms with E-state index in [2.05, 4.69) is 20.4 Å². The Kier molecular flexibility index (Phi) is 3.59. The standard InChI is InChI=1S/C5H10.C3H6/c1-4-3-5(4)2;1-3-2/h4-5H,3H2,1-2H3;3H,1H2,2H3. The maximum atomic E-state index is 3.36. The van der Waals surface area contributed by atoms with E-state index in [1.54, 1.807) is 6.08 Å². The first kappa shape index (κ1) is 7.74. The lowest BCUT2D eigenvalue weighted by Crippen LogP contribution is -1.58. The van der Waals surface area contributed by atoms with Gasteiger partial charge in [0.05, 0.1) is 0 Å². The summed E-state index contributed by atoms with van der Waals surface area (Å²) in [6, 6.07) is 0. The molecular formula is C8H16. The van der Waals surface area contributed by atoms with Crippen molar-refractivity contribution in [3.05, 3.63) is 12.7 Å². The van der Waals surface area contributed by atoms with Crippen molar-refractivity contribution in [2.75, 3.05) is 0 Å². The molecule has 0 N–H and O–H groups in total. The molecule has 8 heavy (non-hydrogen) atoms. The van der Waals surface area contributed by atoms with Gasteiger partial charge in [-0.2, -0.15) is 0 Å². The quantitative estimate of drug-likeness (QED) is 0.423. The van der Waals surface area contributed by atoms with E-state index in [1.165, 1.54) is 6.42 Å². The van der Waals surface area contributed by atoms with E-state index in [4.69, 9.17) is 0 Å². The minimum Gasteiger partial charge on any atom is -0.103 e. The van der Waals surface area contributed by atoms with E-state index in [0.29, 0.717) is 0 Å². The maximum Gasteiger partial charge on any atom is -0.0414 e. The van der Waals surface area contributed by atoms with Crippen LogP contribution in [0.1, 0.15) is 27.2 Å². The molecule has 0 spiro atoms. The summed E-state index contributed by atoms with van der Waals surface area (Å²) in [6.07, 6.45) is 3.22. The molecule has 0 aliphatic heterocycles. The van der Waals surface area contributed by atoms with E-state index in [9.17, 15) is 0 Å². The smallest absolute Gasteiger partial charge is 0.0414 e. The Balaban J connectivity index is 0.000000145. The molecule has 0 bridgehead atoms. The molecule has 2 atom stereocenters. The Bertz CT molecular complexity index is 58.4. The van der Waals surface area contributed by atoms with Crippen molar-refractivity contribution in [2.24, 2.45) is 11.8 Å². The van der Waals surface area contributed by atoms with Crippen LogP contribution in [0, 0.1) is 11.8 Å². The second kappa shape index (κ2) is 3.71. The summed E-state index contributed by atoms with van der Waals surface area (Å²) in [6.45, 7) is 9.84. The molecule has 1 fully saturated rings. The summed E-state index contributed by atoms with van der Waals surface area (Å²) in [5.74, 6) is 2.10. The Morgan fingerprint density at radius 1 is 1.38 bits per heavy atom. The number of rotatable bonds is 0. The molecule has 0 saturated heterocycles. The van der Waals surface area contributed by atoms with Crippen molar-refractivity contribution < 1.29 is 0 Å². The predicted molar refractivity (Wildman–Crippen MR) is 38.8 cm³/mol. The molecule has 0 amide bonds. The Morgan fingerprint density at radius 3 is 1.50 bits per heavy atom. The molecule has 1 aliphatic carbocycles. The van der Waals surface area contributed by atoms with Crippen molar-refractivity contribution in [1.82, 2.24) is 0 Å². The fourth-order valence-corrected chi connectivity index (χ4v) is 0.508. The van der Waals surface area contributed by atoms with Crippen LogP contribution in [0.3, 0.4) is 0 Å². The van der Waals surface area contributed by atoms with Gasteiger partial charge in [0.1, 0.15) is 0 Å². The minimum atomic E-state index is 1.05. The van der Waals surface area contributed by atoms with Gasteiger partial charge in [-0.3, -0.25) is 0 Å². The van der Waals surface area contributed by atoms with Gasteiger partial charge >= 0.3 is 0 Å². The molecule has 0 heteroatoms. The summed E-state index contributed by atoms with van der Waals surface area (Å²) < 4.78 is 0. The van der Waals surface area contributed by atoms with Crippen LogP contribution in [0.5, 0.6) is 0 Å². The highest BCUT2D eigenvalue weighted by Gasteiger charge is 2.26. The summed E-state index contributed by atoms with van der Waals surface area (Å²) in [5.41, 5.74) is 0.